The molecule has 1 aromatic carbocycles. The Labute approximate surface area is 103 Å². The minimum atomic E-state index is -4.35. The minimum Gasteiger partial charge on any atom is -0.384 e. The molecule has 0 atom stereocenters. The molecule has 18 heavy (non-hydrogen) atoms. The van der Waals surface area contributed by atoms with Gasteiger partial charge in [0.25, 0.3) is 0 Å². The van der Waals surface area contributed by atoms with Gasteiger partial charge in [-0.15, -0.1) is 0 Å². The van der Waals surface area contributed by atoms with Crippen LogP contribution in [-0.2, 0) is 16.2 Å². The molecule has 0 bridgehead atoms. The first-order chi connectivity index (χ1) is 8.18. The standard InChI is InChI=1S/C10H13F3N2O2S/c1-18(16,17)15-7-6-14-9-4-2-8(3-5-9)10(11,12)13/h2-5,14-15H,6-7H2,1H3. The van der Waals surface area contributed by atoms with Crippen molar-refractivity contribution in [3.05, 3.63) is 29.8 Å². The maximum atomic E-state index is 12.3. The number of benzene rings is 1. The Morgan fingerprint density at radius 2 is 1.67 bits per heavy atom. The SMILES string of the molecule is CS(=O)(=O)NCCNc1ccc(C(F)(F)F)cc1. The summed E-state index contributed by atoms with van der Waals surface area (Å²) in [6, 6.07) is 4.52. The van der Waals surface area contributed by atoms with Crippen LogP contribution in [0, 0.1) is 0 Å². The van der Waals surface area contributed by atoms with E-state index in [-0.39, 0.29) is 6.54 Å². The summed E-state index contributed by atoms with van der Waals surface area (Å²) in [6.07, 6.45) is -3.32. The second kappa shape index (κ2) is 5.57. The van der Waals surface area contributed by atoms with Crippen molar-refractivity contribution in [1.82, 2.24) is 4.72 Å². The first-order valence-electron chi connectivity index (χ1n) is 5.04. The summed E-state index contributed by atoms with van der Waals surface area (Å²) in [7, 11) is -3.24. The summed E-state index contributed by atoms with van der Waals surface area (Å²) in [4.78, 5) is 0. The molecule has 0 saturated heterocycles. The number of nitrogens with one attached hydrogen (secondary N) is 2. The van der Waals surface area contributed by atoms with Gasteiger partial charge < -0.3 is 5.32 Å². The molecular weight excluding hydrogens is 269 g/mol. The number of hydrogen-bond donors (Lipinski definition) is 2. The van der Waals surface area contributed by atoms with E-state index in [4.69, 9.17) is 0 Å². The van der Waals surface area contributed by atoms with Gasteiger partial charge in [-0.25, -0.2) is 13.1 Å². The second-order valence-electron chi connectivity index (χ2n) is 3.67. The number of hydrogen-bond acceptors (Lipinski definition) is 3. The Kier molecular flexibility index (Phi) is 4.58. The zero-order valence-corrected chi connectivity index (χ0v) is 10.4. The summed E-state index contributed by atoms with van der Waals surface area (Å²) in [5.74, 6) is 0. The number of alkyl halides is 3. The Bertz CT molecular complexity index is 483. The van der Waals surface area contributed by atoms with Crippen LogP contribution in [0.1, 0.15) is 5.56 Å². The van der Waals surface area contributed by atoms with Crippen LogP contribution in [0.25, 0.3) is 0 Å². The average Bonchev–Trinajstić information content (AvgIpc) is 2.22. The molecule has 0 radical (unpaired) electrons. The van der Waals surface area contributed by atoms with Crippen molar-refractivity contribution in [3.8, 4) is 0 Å². The summed E-state index contributed by atoms with van der Waals surface area (Å²) in [5.41, 5.74) is -0.222. The molecule has 0 saturated carbocycles. The highest BCUT2D eigenvalue weighted by Gasteiger charge is 2.29. The molecule has 1 rings (SSSR count). The van der Waals surface area contributed by atoms with Crippen molar-refractivity contribution in [1.29, 1.82) is 0 Å². The molecule has 8 heteroatoms. The highest BCUT2D eigenvalue weighted by molar-refractivity contribution is 7.88. The molecule has 0 amide bonds. The summed E-state index contributed by atoms with van der Waals surface area (Å²) in [5, 5.41) is 2.80. The molecule has 0 aliphatic rings. The molecule has 102 valence electrons. The second-order valence-corrected chi connectivity index (χ2v) is 5.50. The lowest BCUT2D eigenvalue weighted by molar-refractivity contribution is -0.137. The highest BCUT2D eigenvalue weighted by Crippen LogP contribution is 2.29. The van der Waals surface area contributed by atoms with Crippen LogP contribution in [0.3, 0.4) is 0 Å². The zero-order valence-electron chi connectivity index (χ0n) is 9.58. The van der Waals surface area contributed by atoms with Crippen molar-refractivity contribution in [3.63, 3.8) is 0 Å². The minimum absolute atomic E-state index is 0.167. The highest BCUT2D eigenvalue weighted by atomic mass is 32.2. The molecule has 4 nitrogen and oxygen atoms in total. The Hall–Kier alpha value is -1.28. The lowest BCUT2D eigenvalue weighted by Crippen LogP contribution is -2.27. The van der Waals surface area contributed by atoms with E-state index in [0.29, 0.717) is 12.2 Å². The van der Waals surface area contributed by atoms with Gasteiger partial charge in [-0.2, -0.15) is 13.2 Å². The van der Waals surface area contributed by atoms with Crippen molar-refractivity contribution in [2.24, 2.45) is 0 Å². The molecule has 0 aromatic heterocycles. The van der Waals surface area contributed by atoms with Gasteiger partial charge in [-0.05, 0) is 24.3 Å². The van der Waals surface area contributed by atoms with E-state index in [2.05, 4.69) is 10.0 Å². The quantitative estimate of drug-likeness (QED) is 0.808. The van der Waals surface area contributed by atoms with Crippen LogP contribution in [-0.4, -0.2) is 27.8 Å². The Balaban J connectivity index is 2.45. The van der Waals surface area contributed by atoms with Crippen LogP contribution in [0.15, 0.2) is 24.3 Å². The van der Waals surface area contributed by atoms with Gasteiger partial charge in [0.1, 0.15) is 0 Å². The van der Waals surface area contributed by atoms with Crippen LogP contribution < -0.4 is 10.0 Å². The first-order valence-corrected chi connectivity index (χ1v) is 6.93. The fourth-order valence-corrected chi connectivity index (χ4v) is 1.69. The van der Waals surface area contributed by atoms with E-state index >= 15 is 0 Å². The van der Waals surface area contributed by atoms with Crippen LogP contribution in [0.4, 0.5) is 18.9 Å². The molecule has 2 N–H and O–H groups in total. The summed E-state index contributed by atoms with van der Waals surface area (Å²) in [6.45, 7) is 0.457. The monoisotopic (exact) mass is 282 g/mol. The van der Waals surface area contributed by atoms with E-state index in [9.17, 15) is 21.6 Å². The molecule has 0 heterocycles. The van der Waals surface area contributed by atoms with E-state index in [1.807, 2.05) is 0 Å². The van der Waals surface area contributed by atoms with Gasteiger partial charge in [0.15, 0.2) is 0 Å². The van der Waals surface area contributed by atoms with Crippen molar-refractivity contribution in [2.75, 3.05) is 24.7 Å². The third kappa shape index (κ3) is 5.37. The van der Waals surface area contributed by atoms with Crippen molar-refractivity contribution < 1.29 is 21.6 Å². The lowest BCUT2D eigenvalue weighted by Gasteiger charge is -2.09. The average molecular weight is 282 g/mol. The largest absolute Gasteiger partial charge is 0.416 e. The van der Waals surface area contributed by atoms with Crippen LogP contribution >= 0.6 is 0 Å². The van der Waals surface area contributed by atoms with Gasteiger partial charge in [-0.1, -0.05) is 0 Å². The fraction of sp³-hybridized carbons (Fsp3) is 0.400. The topological polar surface area (TPSA) is 58.2 Å². The summed E-state index contributed by atoms with van der Waals surface area (Å²) >= 11 is 0. The smallest absolute Gasteiger partial charge is 0.384 e. The van der Waals surface area contributed by atoms with Crippen LogP contribution in [0.2, 0.25) is 0 Å². The van der Waals surface area contributed by atoms with Gasteiger partial charge >= 0.3 is 6.18 Å². The van der Waals surface area contributed by atoms with E-state index < -0.39 is 21.8 Å². The lowest BCUT2D eigenvalue weighted by atomic mass is 10.2. The van der Waals surface area contributed by atoms with Gasteiger partial charge in [0.05, 0.1) is 11.8 Å². The van der Waals surface area contributed by atoms with Gasteiger partial charge in [0, 0.05) is 18.8 Å². The molecule has 1 aromatic rings. The van der Waals surface area contributed by atoms with E-state index in [0.717, 1.165) is 18.4 Å². The first kappa shape index (κ1) is 14.8. The van der Waals surface area contributed by atoms with Gasteiger partial charge in [0.2, 0.25) is 10.0 Å². The van der Waals surface area contributed by atoms with Crippen molar-refractivity contribution >= 4 is 15.7 Å². The normalized spacial score (nSPS) is 12.4. The molecule has 0 fully saturated rings. The predicted octanol–water partition coefficient (Wildman–Crippen LogP) is 1.67. The van der Waals surface area contributed by atoms with E-state index in [1.165, 1.54) is 12.1 Å². The maximum absolute atomic E-state index is 12.3. The summed E-state index contributed by atoms with van der Waals surface area (Å²) < 4.78 is 60.5. The number of anilines is 1. The van der Waals surface area contributed by atoms with Crippen LogP contribution in [0.5, 0.6) is 0 Å². The molecule has 0 aliphatic heterocycles. The van der Waals surface area contributed by atoms with Gasteiger partial charge in [-0.3, -0.25) is 0 Å². The third-order valence-electron chi connectivity index (χ3n) is 2.03. The van der Waals surface area contributed by atoms with E-state index in [1.54, 1.807) is 0 Å². The third-order valence-corrected chi connectivity index (χ3v) is 2.76. The number of rotatable bonds is 5. The molecule has 0 spiro atoms. The number of halogens is 3. The Morgan fingerprint density at radius 1 is 1.11 bits per heavy atom. The fourth-order valence-electron chi connectivity index (χ4n) is 1.22. The maximum Gasteiger partial charge on any atom is 0.416 e. The zero-order chi connectivity index (χ0) is 13.8. The molecule has 0 unspecified atom stereocenters. The van der Waals surface area contributed by atoms with Crippen molar-refractivity contribution in [2.45, 2.75) is 6.18 Å². The Morgan fingerprint density at radius 3 is 2.11 bits per heavy atom. The molecule has 0 aliphatic carbocycles. The molecular formula is C10H13F3N2O2S. The predicted molar refractivity (Wildman–Crippen MR) is 62.8 cm³/mol. The number of sulfonamides is 1.